The van der Waals surface area contributed by atoms with E-state index < -0.39 is 0 Å². The van der Waals surface area contributed by atoms with Crippen LogP contribution < -0.4 is 0 Å². The number of hydrogen-bond acceptors (Lipinski definition) is 4. The normalized spacial score (nSPS) is 20.9. The summed E-state index contributed by atoms with van der Waals surface area (Å²) in [5.74, 6) is 0.122. The first-order valence-corrected chi connectivity index (χ1v) is 5.07. The minimum absolute atomic E-state index is 0.0128. The number of aromatic nitrogens is 1. The molecular weight excluding hydrogens is 196 g/mol. The molecule has 5 nitrogen and oxygen atoms in total. The van der Waals surface area contributed by atoms with Crippen molar-refractivity contribution in [3.63, 3.8) is 0 Å². The highest BCUT2D eigenvalue weighted by molar-refractivity contribution is 5.93. The molecule has 82 valence electrons. The van der Waals surface area contributed by atoms with E-state index in [9.17, 15) is 4.79 Å². The molecule has 2 rings (SSSR count). The number of aliphatic hydroxyl groups is 1. The summed E-state index contributed by atoms with van der Waals surface area (Å²) < 4.78 is 4.91. The molecule has 1 aromatic heterocycles. The van der Waals surface area contributed by atoms with Gasteiger partial charge in [-0.1, -0.05) is 5.16 Å². The van der Waals surface area contributed by atoms with Crippen molar-refractivity contribution in [2.75, 3.05) is 13.2 Å². The molecule has 15 heavy (non-hydrogen) atoms. The average molecular weight is 210 g/mol. The molecule has 1 amide bonds. The Morgan fingerprint density at radius 2 is 2.60 bits per heavy atom. The third kappa shape index (κ3) is 1.74. The smallest absolute Gasteiger partial charge is 0.293 e. The van der Waals surface area contributed by atoms with Crippen molar-refractivity contribution in [3.05, 3.63) is 17.5 Å². The summed E-state index contributed by atoms with van der Waals surface area (Å²) in [5, 5.41) is 12.7. The van der Waals surface area contributed by atoms with Gasteiger partial charge in [0.1, 0.15) is 0 Å². The van der Waals surface area contributed by atoms with Gasteiger partial charge in [-0.25, -0.2) is 0 Å². The second-order valence-electron chi connectivity index (χ2n) is 3.82. The molecule has 1 aromatic rings. The van der Waals surface area contributed by atoms with E-state index in [1.807, 2.05) is 0 Å². The number of hydrogen-bond donors (Lipinski definition) is 1. The number of carbonyl (C=O) groups is 1. The molecule has 1 aliphatic heterocycles. The molecule has 1 N–H and O–H groups in total. The molecule has 0 bridgehead atoms. The van der Waals surface area contributed by atoms with Crippen LogP contribution in [0.3, 0.4) is 0 Å². The highest BCUT2D eigenvalue weighted by atomic mass is 16.5. The lowest BCUT2D eigenvalue weighted by molar-refractivity contribution is 0.0635. The Balaban J connectivity index is 2.18. The van der Waals surface area contributed by atoms with E-state index in [4.69, 9.17) is 9.63 Å². The summed E-state index contributed by atoms with van der Waals surface area (Å²) in [6.07, 6.45) is 3.32. The Morgan fingerprint density at radius 3 is 3.20 bits per heavy atom. The van der Waals surface area contributed by atoms with Crippen LogP contribution in [-0.2, 0) is 0 Å². The van der Waals surface area contributed by atoms with Gasteiger partial charge in [0.25, 0.3) is 5.91 Å². The Hall–Kier alpha value is -1.36. The van der Waals surface area contributed by atoms with Crippen LogP contribution in [0.25, 0.3) is 0 Å². The van der Waals surface area contributed by atoms with Gasteiger partial charge in [0, 0.05) is 12.1 Å². The number of aryl methyl sites for hydroxylation is 1. The van der Waals surface area contributed by atoms with Crippen LogP contribution in [0.1, 0.15) is 29.0 Å². The number of amides is 1. The molecule has 1 atom stereocenters. The van der Waals surface area contributed by atoms with Gasteiger partial charge in [-0.15, -0.1) is 0 Å². The van der Waals surface area contributed by atoms with Crippen molar-refractivity contribution in [3.8, 4) is 0 Å². The van der Waals surface area contributed by atoms with Gasteiger partial charge < -0.3 is 14.5 Å². The van der Waals surface area contributed by atoms with Crippen molar-refractivity contribution in [1.82, 2.24) is 10.1 Å². The lowest BCUT2D eigenvalue weighted by Gasteiger charge is -2.21. The van der Waals surface area contributed by atoms with Crippen molar-refractivity contribution in [1.29, 1.82) is 0 Å². The van der Waals surface area contributed by atoms with Crippen LogP contribution >= 0.6 is 0 Å². The first kappa shape index (κ1) is 10.2. The Kier molecular flexibility index (Phi) is 2.73. The SMILES string of the molecule is Cc1cnoc1C(=O)N1CCCC1CO. The molecule has 1 unspecified atom stereocenters. The van der Waals surface area contributed by atoms with Crippen LogP contribution in [-0.4, -0.2) is 40.3 Å². The summed E-state index contributed by atoms with van der Waals surface area (Å²) >= 11 is 0. The van der Waals surface area contributed by atoms with Gasteiger partial charge in [0.2, 0.25) is 5.76 Å². The Labute approximate surface area is 87.7 Å². The van der Waals surface area contributed by atoms with E-state index in [0.717, 1.165) is 18.4 Å². The second-order valence-corrected chi connectivity index (χ2v) is 3.82. The van der Waals surface area contributed by atoms with Gasteiger partial charge in [-0.05, 0) is 19.8 Å². The minimum atomic E-state index is -0.165. The van der Waals surface area contributed by atoms with Gasteiger partial charge in [-0.2, -0.15) is 0 Å². The summed E-state index contributed by atoms with van der Waals surface area (Å²) in [4.78, 5) is 13.6. The first-order chi connectivity index (χ1) is 7.24. The molecule has 0 aliphatic carbocycles. The molecule has 1 aliphatic rings. The predicted octanol–water partition coefficient (Wildman–Crippen LogP) is 0.580. The van der Waals surface area contributed by atoms with Gasteiger partial charge in [0.05, 0.1) is 18.8 Å². The van der Waals surface area contributed by atoms with E-state index in [-0.39, 0.29) is 24.3 Å². The number of nitrogens with zero attached hydrogens (tertiary/aromatic N) is 2. The molecule has 2 heterocycles. The third-order valence-electron chi connectivity index (χ3n) is 2.79. The average Bonchev–Trinajstić information content (AvgIpc) is 2.84. The lowest BCUT2D eigenvalue weighted by atomic mass is 10.2. The third-order valence-corrected chi connectivity index (χ3v) is 2.79. The monoisotopic (exact) mass is 210 g/mol. The molecule has 0 radical (unpaired) electrons. The maximum Gasteiger partial charge on any atom is 0.293 e. The Morgan fingerprint density at radius 1 is 1.80 bits per heavy atom. The zero-order valence-electron chi connectivity index (χ0n) is 8.64. The Bertz CT molecular complexity index is 361. The van der Waals surface area contributed by atoms with Crippen molar-refractivity contribution >= 4 is 5.91 Å². The largest absolute Gasteiger partial charge is 0.394 e. The summed E-state index contributed by atoms with van der Waals surface area (Å²) in [7, 11) is 0. The predicted molar refractivity (Wildman–Crippen MR) is 52.4 cm³/mol. The van der Waals surface area contributed by atoms with Gasteiger partial charge in [0.15, 0.2) is 0 Å². The highest BCUT2D eigenvalue weighted by Crippen LogP contribution is 2.20. The van der Waals surface area contributed by atoms with Crippen LogP contribution in [0.2, 0.25) is 0 Å². The van der Waals surface area contributed by atoms with E-state index >= 15 is 0 Å². The molecule has 0 aromatic carbocycles. The van der Waals surface area contributed by atoms with E-state index in [1.54, 1.807) is 11.8 Å². The maximum absolute atomic E-state index is 12.0. The standard InChI is InChI=1S/C10H14N2O3/c1-7-5-11-15-9(7)10(14)12-4-2-3-8(12)6-13/h5,8,13H,2-4,6H2,1H3. The number of rotatable bonds is 2. The quantitative estimate of drug-likeness (QED) is 0.775. The summed E-state index contributed by atoms with van der Waals surface area (Å²) in [6, 6.07) is -0.0676. The molecular formula is C10H14N2O3. The highest BCUT2D eigenvalue weighted by Gasteiger charge is 2.31. The van der Waals surface area contributed by atoms with Crippen LogP contribution in [0.15, 0.2) is 10.7 Å². The van der Waals surface area contributed by atoms with Crippen molar-refractivity contribution in [2.24, 2.45) is 0 Å². The summed E-state index contributed by atoms with van der Waals surface area (Å²) in [5.41, 5.74) is 0.739. The van der Waals surface area contributed by atoms with Crippen LogP contribution in [0.4, 0.5) is 0 Å². The van der Waals surface area contributed by atoms with Crippen molar-refractivity contribution in [2.45, 2.75) is 25.8 Å². The van der Waals surface area contributed by atoms with E-state index in [0.29, 0.717) is 6.54 Å². The fourth-order valence-corrected chi connectivity index (χ4v) is 1.92. The van der Waals surface area contributed by atoms with Gasteiger partial charge in [-0.3, -0.25) is 4.79 Å². The molecule has 5 heteroatoms. The summed E-state index contributed by atoms with van der Waals surface area (Å²) in [6.45, 7) is 2.48. The number of carbonyl (C=O) groups excluding carboxylic acids is 1. The van der Waals surface area contributed by atoms with E-state index in [2.05, 4.69) is 5.16 Å². The van der Waals surface area contributed by atoms with Crippen LogP contribution in [0.5, 0.6) is 0 Å². The molecule has 1 fully saturated rings. The zero-order chi connectivity index (χ0) is 10.8. The number of aliphatic hydroxyl groups excluding tert-OH is 1. The van der Waals surface area contributed by atoms with Gasteiger partial charge >= 0.3 is 0 Å². The molecule has 0 saturated carbocycles. The fourth-order valence-electron chi connectivity index (χ4n) is 1.92. The lowest BCUT2D eigenvalue weighted by Crippen LogP contribution is -2.37. The topological polar surface area (TPSA) is 66.6 Å². The zero-order valence-corrected chi connectivity index (χ0v) is 8.64. The van der Waals surface area contributed by atoms with Crippen LogP contribution in [0, 0.1) is 6.92 Å². The fraction of sp³-hybridized carbons (Fsp3) is 0.600. The second kappa shape index (κ2) is 4.02. The first-order valence-electron chi connectivity index (χ1n) is 5.07. The van der Waals surface area contributed by atoms with Crippen molar-refractivity contribution < 1.29 is 14.4 Å². The minimum Gasteiger partial charge on any atom is -0.394 e. The van der Waals surface area contributed by atoms with E-state index in [1.165, 1.54) is 6.20 Å². The maximum atomic E-state index is 12.0. The molecule has 1 saturated heterocycles. The molecule has 0 spiro atoms. The number of likely N-dealkylation sites (tertiary alicyclic amines) is 1.